The number of anilines is 2. The van der Waals surface area contributed by atoms with Crippen LogP contribution in [0.1, 0.15) is 18.4 Å². The lowest BCUT2D eigenvalue weighted by Crippen LogP contribution is -2.34. The maximum Gasteiger partial charge on any atom is 0.301 e. The van der Waals surface area contributed by atoms with Crippen molar-refractivity contribution in [2.24, 2.45) is 5.92 Å². The molecule has 26 heavy (non-hydrogen) atoms. The monoisotopic (exact) mass is 374 g/mol. The van der Waals surface area contributed by atoms with Gasteiger partial charge in [-0.05, 0) is 42.9 Å². The minimum absolute atomic E-state index is 0.474. The second-order valence-electron chi connectivity index (χ2n) is 6.91. The van der Waals surface area contributed by atoms with Crippen molar-refractivity contribution in [3.63, 3.8) is 0 Å². The molecule has 0 bridgehead atoms. The number of nitrogens with one attached hydrogen (secondary N) is 1. The first kappa shape index (κ1) is 18.7. The van der Waals surface area contributed by atoms with Crippen LogP contribution in [0.3, 0.4) is 0 Å². The third-order valence-electron chi connectivity index (χ3n) is 4.78. The number of hydrogen-bond donors (Lipinski definition) is 1. The quantitative estimate of drug-likeness (QED) is 0.844. The molecule has 0 unspecified atom stereocenters. The minimum Gasteiger partial charge on any atom is -0.357 e. The van der Waals surface area contributed by atoms with Crippen molar-refractivity contribution in [3.8, 4) is 0 Å². The molecule has 2 aromatic rings. The Morgan fingerprint density at radius 2 is 1.81 bits per heavy atom. The Hall–Kier alpha value is -2.12. The number of aromatic nitrogens is 1. The van der Waals surface area contributed by atoms with Crippen LogP contribution in [0.15, 0.2) is 48.7 Å². The highest BCUT2D eigenvalue weighted by molar-refractivity contribution is 7.90. The predicted molar refractivity (Wildman–Crippen MR) is 106 cm³/mol. The van der Waals surface area contributed by atoms with E-state index in [0.717, 1.165) is 42.5 Å². The molecule has 1 aromatic carbocycles. The van der Waals surface area contributed by atoms with Gasteiger partial charge in [0, 0.05) is 27.2 Å². The summed E-state index contributed by atoms with van der Waals surface area (Å²) in [6.07, 6.45) is 5.00. The molecule has 6 nitrogen and oxygen atoms in total. The first-order valence-electron chi connectivity index (χ1n) is 8.89. The third kappa shape index (κ3) is 4.74. The van der Waals surface area contributed by atoms with Gasteiger partial charge in [-0.15, -0.1) is 0 Å². The molecule has 0 aliphatic carbocycles. The molecule has 1 N–H and O–H groups in total. The van der Waals surface area contributed by atoms with E-state index in [1.54, 1.807) is 12.3 Å². The number of benzene rings is 1. The lowest BCUT2D eigenvalue weighted by atomic mass is 9.90. The molecule has 3 rings (SSSR count). The first-order chi connectivity index (χ1) is 12.4. The summed E-state index contributed by atoms with van der Waals surface area (Å²) in [6, 6.07) is 14.3. The highest BCUT2D eigenvalue weighted by Gasteiger charge is 2.20. The average molecular weight is 375 g/mol. The van der Waals surface area contributed by atoms with E-state index in [2.05, 4.69) is 44.9 Å². The molecule has 1 aliphatic rings. The number of piperidine rings is 1. The number of pyridine rings is 1. The molecular formula is C19H26N4O2S. The summed E-state index contributed by atoms with van der Waals surface area (Å²) < 4.78 is 27.3. The highest BCUT2D eigenvalue weighted by atomic mass is 32.2. The normalized spacial score (nSPS) is 16.0. The summed E-state index contributed by atoms with van der Waals surface area (Å²) >= 11 is 0. The Kier molecular flexibility index (Phi) is 5.78. The molecule has 0 amide bonds. The summed E-state index contributed by atoms with van der Waals surface area (Å²) in [5.74, 6) is 1.61. The second-order valence-corrected chi connectivity index (χ2v) is 8.80. The topological polar surface area (TPSA) is 65.5 Å². The molecule has 1 aromatic heterocycles. The van der Waals surface area contributed by atoms with Crippen LogP contribution in [0.4, 0.5) is 11.5 Å². The Bertz CT molecular complexity index is 799. The van der Waals surface area contributed by atoms with Gasteiger partial charge < -0.3 is 4.90 Å². The summed E-state index contributed by atoms with van der Waals surface area (Å²) in [5.41, 5.74) is 1.88. The first-order valence-corrected chi connectivity index (χ1v) is 10.3. The van der Waals surface area contributed by atoms with Crippen LogP contribution >= 0.6 is 0 Å². The zero-order valence-corrected chi connectivity index (χ0v) is 16.1. The van der Waals surface area contributed by atoms with E-state index in [0.29, 0.717) is 11.6 Å². The summed E-state index contributed by atoms with van der Waals surface area (Å²) in [6.45, 7) is 1.96. The van der Waals surface area contributed by atoms with E-state index in [9.17, 15) is 8.42 Å². The van der Waals surface area contributed by atoms with Crippen molar-refractivity contribution in [2.75, 3.05) is 36.8 Å². The molecule has 1 fully saturated rings. The van der Waals surface area contributed by atoms with E-state index in [1.165, 1.54) is 19.7 Å². The van der Waals surface area contributed by atoms with Gasteiger partial charge in [-0.25, -0.2) is 4.98 Å². The molecule has 0 radical (unpaired) electrons. The van der Waals surface area contributed by atoms with Crippen LogP contribution in [0.2, 0.25) is 0 Å². The van der Waals surface area contributed by atoms with Crippen molar-refractivity contribution >= 4 is 21.7 Å². The lowest BCUT2D eigenvalue weighted by molar-refractivity contribution is 0.402. The Balaban J connectivity index is 1.55. The van der Waals surface area contributed by atoms with Crippen LogP contribution in [0.25, 0.3) is 0 Å². The largest absolute Gasteiger partial charge is 0.357 e. The number of nitrogens with zero attached hydrogens (tertiary/aromatic N) is 3. The second kappa shape index (κ2) is 8.05. The standard InChI is InChI=1S/C19H26N4O2S/c1-22(2)26(24,25)21-18-8-9-19(20-15-18)23-12-10-17(11-13-23)14-16-6-4-3-5-7-16/h3-9,15,17,21H,10-14H2,1-2H3. The van der Waals surface area contributed by atoms with E-state index in [4.69, 9.17) is 0 Å². The van der Waals surface area contributed by atoms with Gasteiger partial charge in [0.05, 0.1) is 11.9 Å². The van der Waals surface area contributed by atoms with Gasteiger partial charge in [-0.2, -0.15) is 12.7 Å². The zero-order chi connectivity index (χ0) is 18.6. The maximum absolute atomic E-state index is 11.8. The van der Waals surface area contributed by atoms with E-state index in [-0.39, 0.29) is 0 Å². The molecule has 140 valence electrons. The zero-order valence-electron chi connectivity index (χ0n) is 15.3. The summed E-state index contributed by atoms with van der Waals surface area (Å²) in [4.78, 5) is 6.70. The van der Waals surface area contributed by atoms with Gasteiger partial charge in [0.15, 0.2) is 0 Å². The van der Waals surface area contributed by atoms with Gasteiger partial charge in [-0.1, -0.05) is 30.3 Å². The fraction of sp³-hybridized carbons (Fsp3) is 0.421. The van der Waals surface area contributed by atoms with Gasteiger partial charge >= 0.3 is 10.2 Å². The molecule has 1 aliphatic heterocycles. The third-order valence-corrected chi connectivity index (χ3v) is 6.24. The molecule has 0 saturated carbocycles. The fourth-order valence-corrected chi connectivity index (χ4v) is 3.79. The Labute approximate surface area is 156 Å². The van der Waals surface area contributed by atoms with Gasteiger partial charge in [0.1, 0.15) is 5.82 Å². The van der Waals surface area contributed by atoms with Crippen molar-refractivity contribution < 1.29 is 8.42 Å². The van der Waals surface area contributed by atoms with Crippen LogP contribution < -0.4 is 9.62 Å². The molecular weight excluding hydrogens is 348 g/mol. The number of rotatable bonds is 6. The van der Waals surface area contributed by atoms with Gasteiger partial charge in [0.2, 0.25) is 0 Å². The lowest BCUT2D eigenvalue weighted by Gasteiger charge is -2.33. The highest BCUT2D eigenvalue weighted by Crippen LogP contribution is 2.25. The fourth-order valence-electron chi connectivity index (χ4n) is 3.19. The van der Waals surface area contributed by atoms with Crippen molar-refractivity contribution in [1.82, 2.24) is 9.29 Å². The van der Waals surface area contributed by atoms with Crippen LogP contribution in [0, 0.1) is 5.92 Å². The van der Waals surface area contributed by atoms with Crippen molar-refractivity contribution in [1.29, 1.82) is 0 Å². The predicted octanol–water partition coefficient (Wildman–Crippen LogP) is 2.76. The molecule has 2 heterocycles. The molecule has 0 spiro atoms. The van der Waals surface area contributed by atoms with Gasteiger partial charge in [-0.3, -0.25) is 4.72 Å². The smallest absolute Gasteiger partial charge is 0.301 e. The van der Waals surface area contributed by atoms with Crippen LogP contribution in [-0.2, 0) is 16.6 Å². The molecule has 7 heteroatoms. The summed E-state index contributed by atoms with van der Waals surface area (Å²) in [7, 11) is -0.517. The summed E-state index contributed by atoms with van der Waals surface area (Å²) in [5, 5.41) is 0. The van der Waals surface area contributed by atoms with E-state index < -0.39 is 10.2 Å². The molecule has 0 atom stereocenters. The van der Waals surface area contributed by atoms with E-state index >= 15 is 0 Å². The Morgan fingerprint density at radius 1 is 1.12 bits per heavy atom. The average Bonchev–Trinajstić information content (AvgIpc) is 2.63. The van der Waals surface area contributed by atoms with Crippen molar-refractivity contribution in [2.45, 2.75) is 19.3 Å². The van der Waals surface area contributed by atoms with Crippen molar-refractivity contribution in [3.05, 3.63) is 54.2 Å². The Morgan fingerprint density at radius 3 is 2.38 bits per heavy atom. The van der Waals surface area contributed by atoms with Crippen LogP contribution in [0.5, 0.6) is 0 Å². The number of hydrogen-bond acceptors (Lipinski definition) is 4. The minimum atomic E-state index is -3.50. The maximum atomic E-state index is 11.8. The van der Waals surface area contributed by atoms with Crippen LogP contribution in [-0.4, -0.2) is 44.9 Å². The SMILES string of the molecule is CN(C)S(=O)(=O)Nc1ccc(N2CCC(Cc3ccccc3)CC2)nc1. The van der Waals surface area contributed by atoms with Gasteiger partial charge in [0.25, 0.3) is 0 Å². The van der Waals surface area contributed by atoms with E-state index in [1.807, 2.05) is 6.07 Å². The molecule has 1 saturated heterocycles.